The fraction of sp³-hybridized carbons (Fsp3) is 0.200. The average molecular weight is 394 g/mol. The van der Waals surface area contributed by atoms with Crippen molar-refractivity contribution in [3.63, 3.8) is 0 Å². The van der Waals surface area contributed by atoms with Gasteiger partial charge in [-0.15, -0.1) is 0 Å². The Hall–Kier alpha value is -1.11. The van der Waals surface area contributed by atoms with Crippen molar-refractivity contribution in [2.24, 2.45) is 0 Å². The molecule has 0 radical (unpaired) electrons. The number of hydrogen-bond acceptors (Lipinski definition) is 0. The van der Waals surface area contributed by atoms with Crippen molar-refractivity contribution in [2.75, 3.05) is 0 Å². The first kappa shape index (κ1) is 15.3. The van der Waals surface area contributed by atoms with Gasteiger partial charge in [-0.25, -0.2) is 17.6 Å². The zero-order chi connectivity index (χ0) is 14.9. The lowest BCUT2D eigenvalue weighted by Crippen LogP contribution is -1.98. The smallest absolute Gasteiger partial charge is 0.172 e. The molecule has 0 heterocycles. The van der Waals surface area contributed by atoms with Crippen molar-refractivity contribution < 1.29 is 17.6 Å². The molecule has 0 N–H and O–H groups in total. The van der Waals surface area contributed by atoms with E-state index in [4.69, 9.17) is 0 Å². The normalized spacial score (nSPS) is 10.9. The molecular weight excluding hydrogens is 383 g/mol. The standard InChI is InChI=1S/C15H11F4I/c1-2-3-8-4-5-10(14(18)13(8)17)9-6-11(16)15(19)12(20)7-9/h4-7H,2-3H2,1H3. The van der Waals surface area contributed by atoms with Gasteiger partial charge in [0.15, 0.2) is 23.3 Å². The maximum Gasteiger partial charge on any atom is 0.172 e. The van der Waals surface area contributed by atoms with Gasteiger partial charge in [-0.2, -0.15) is 0 Å². The van der Waals surface area contributed by atoms with Crippen LogP contribution in [0.2, 0.25) is 0 Å². The van der Waals surface area contributed by atoms with Crippen LogP contribution in [0.4, 0.5) is 17.6 Å². The largest absolute Gasteiger partial charge is 0.204 e. The number of hydrogen-bond donors (Lipinski definition) is 0. The molecule has 0 unspecified atom stereocenters. The minimum absolute atomic E-state index is 0.0232. The van der Waals surface area contributed by atoms with E-state index in [1.54, 1.807) is 22.6 Å². The van der Waals surface area contributed by atoms with Gasteiger partial charge in [-0.1, -0.05) is 25.5 Å². The van der Waals surface area contributed by atoms with Gasteiger partial charge in [0.1, 0.15) is 0 Å². The Morgan fingerprint density at radius 2 is 1.65 bits per heavy atom. The Morgan fingerprint density at radius 3 is 2.25 bits per heavy atom. The van der Waals surface area contributed by atoms with E-state index in [9.17, 15) is 17.6 Å². The lowest BCUT2D eigenvalue weighted by Gasteiger charge is -2.09. The molecule has 0 fully saturated rings. The van der Waals surface area contributed by atoms with Crippen molar-refractivity contribution in [1.29, 1.82) is 0 Å². The molecule has 0 aliphatic carbocycles. The second-order valence-electron chi connectivity index (χ2n) is 4.40. The molecule has 0 saturated carbocycles. The van der Waals surface area contributed by atoms with Gasteiger partial charge in [0, 0.05) is 5.56 Å². The number of halogens is 5. The zero-order valence-electron chi connectivity index (χ0n) is 10.6. The Morgan fingerprint density at radius 1 is 0.950 bits per heavy atom. The van der Waals surface area contributed by atoms with E-state index >= 15 is 0 Å². The molecule has 0 aliphatic heterocycles. The lowest BCUT2D eigenvalue weighted by atomic mass is 10.0. The van der Waals surface area contributed by atoms with E-state index in [0.29, 0.717) is 12.8 Å². The summed E-state index contributed by atoms with van der Waals surface area (Å²) in [6.07, 6.45) is 1.12. The SMILES string of the molecule is CCCc1ccc(-c2cc(F)c(F)c(I)c2)c(F)c1F. The molecule has 0 aliphatic rings. The zero-order valence-corrected chi connectivity index (χ0v) is 12.8. The Balaban J connectivity index is 2.56. The molecule has 0 atom stereocenters. The van der Waals surface area contributed by atoms with Crippen LogP contribution >= 0.6 is 22.6 Å². The highest BCUT2D eigenvalue weighted by Gasteiger charge is 2.17. The predicted octanol–water partition coefficient (Wildman–Crippen LogP) is 5.47. The highest BCUT2D eigenvalue weighted by molar-refractivity contribution is 14.1. The summed E-state index contributed by atoms with van der Waals surface area (Å²) in [5.41, 5.74) is 0.331. The molecule has 20 heavy (non-hydrogen) atoms. The summed E-state index contributed by atoms with van der Waals surface area (Å²) in [7, 11) is 0. The van der Waals surface area contributed by atoms with E-state index in [0.717, 1.165) is 6.07 Å². The quantitative estimate of drug-likeness (QED) is 0.368. The maximum absolute atomic E-state index is 14.0. The highest BCUT2D eigenvalue weighted by Crippen LogP contribution is 2.30. The summed E-state index contributed by atoms with van der Waals surface area (Å²) in [6.45, 7) is 1.86. The second kappa shape index (κ2) is 6.11. The van der Waals surface area contributed by atoms with Crippen molar-refractivity contribution in [3.8, 4) is 11.1 Å². The second-order valence-corrected chi connectivity index (χ2v) is 5.57. The molecule has 2 aromatic carbocycles. The molecule has 0 spiro atoms. The first-order chi connectivity index (χ1) is 9.45. The fourth-order valence-electron chi connectivity index (χ4n) is 1.99. The Bertz CT molecular complexity index is 630. The topological polar surface area (TPSA) is 0 Å². The summed E-state index contributed by atoms with van der Waals surface area (Å²) in [5, 5.41) is 0. The molecule has 5 heteroatoms. The molecule has 2 aromatic rings. The number of rotatable bonds is 3. The summed E-state index contributed by atoms with van der Waals surface area (Å²) in [5.74, 6) is -4.02. The highest BCUT2D eigenvalue weighted by atomic mass is 127. The van der Waals surface area contributed by atoms with E-state index in [1.807, 2.05) is 6.92 Å². The van der Waals surface area contributed by atoms with Crippen LogP contribution in [0.25, 0.3) is 11.1 Å². The van der Waals surface area contributed by atoms with Crippen LogP contribution in [0.3, 0.4) is 0 Å². The van der Waals surface area contributed by atoms with Crippen molar-refractivity contribution in [1.82, 2.24) is 0 Å². The first-order valence-electron chi connectivity index (χ1n) is 6.07. The van der Waals surface area contributed by atoms with Crippen LogP contribution in [0.1, 0.15) is 18.9 Å². The van der Waals surface area contributed by atoms with Gasteiger partial charge in [0.25, 0.3) is 0 Å². The van der Waals surface area contributed by atoms with Crippen molar-refractivity contribution in [3.05, 3.63) is 56.7 Å². The number of benzene rings is 2. The minimum atomic E-state index is -1.08. The predicted molar refractivity (Wildman–Crippen MR) is 78.4 cm³/mol. The van der Waals surface area contributed by atoms with Crippen LogP contribution in [0.5, 0.6) is 0 Å². The molecule has 0 amide bonds. The van der Waals surface area contributed by atoms with Gasteiger partial charge in [-0.3, -0.25) is 0 Å². The third-order valence-corrected chi connectivity index (χ3v) is 3.76. The number of aryl methyl sites for hydroxylation is 1. The summed E-state index contributed by atoms with van der Waals surface area (Å²) in [6, 6.07) is 5.03. The fourth-order valence-corrected chi connectivity index (χ4v) is 2.58. The maximum atomic E-state index is 14.0. The van der Waals surface area contributed by atoms with Gasteiger partial charge in [0.05, 0.1) is 3.57 Å². The molecular formula is C15H11F4I. The average Bonchev–Trinajstić information content (AvgIpc) is 2.41. The van der Waals surface area contributed by atoms with Gasteiger partial charge >= 0.3 is 0 Å². The van der Waals surface area contributed by atoms with Crippen LogP contribution in [-0.4, -0.2) is 0 Å². The summed E-state index contributed by atoms with van der Waals surface area (Å²) < 4.78 is 54.5. The third kappa shape index (κ3) is 2.82. The summed E-state index contributed by atoms with van der Waals surface area (Å²) >= 11 is 1.61. The molecule has 0 bridgehead atoms. The molecule has 106 valence electrons. The monoisotopic (exact) mass is 394 g/mol. The molecule has 2 rings (SSSR count). The lowest BCUT2D eigenvalue weighted by molar-refractivity contribution is 0.498. The first-order valence-corrected chi connectivity index (χ1v) is 7.15. The van der Waals surface area contributed by atoms with Crippen LogP contribution in [-0.2, 0) is 6.42 Å². The van der Waals surface area contributed by atoms with E-state index in [2.05, 4.69) is 0 Å². The van der Waals surface area contributed by atoms with Gasteiger partial charge < -0.3 is 0 Å². The van der Waals surface area contributed by atoms with E-state index < -0.39 is 23.3 Å². The van der Waals surface area contributed by atoms with E-state index in [1.165, 1.54) is 18.2 Å². The third-order valence-electron chi connectivity index (χ3n) is 2.98. The van der Waals surface area contributed by atoms with Crippen molar-refractivity contribution >= 4 is 22.6 Å². The van der Waals surface area contributed by atoms with Crippen LogP contribution in [0.15, 0.2) is 24.3 Å². The van der Waals surface area contributed by atoms with E-state index in [-0.39, 0.29) is 20.3 Å². The molecule has 0 saturated heterocycles. The van der Waals surface area contributed by atoms with Crippen molar-refractivity contribution in [2.45, 2.75) is 19.8 Å². The summed E-state index contributed by atoms with van der Waals surface area (Å²) in [4.78, 5) is 0. The minimum Gasteiger partial charge on any atom is -0.204 e. The Labute approximate surface area is 128 Å². The van der Waals surface area contributed by atoms with Crippen LogP contribution < -0.4 is 0 Å². The molecule has 0 aromatic heterocycles. The Kier molecular flexibility index (Phi) is 4.67. The van der Waals surface area contributed by atoms with Gasteiger partial charge in [-0.05, 0) is 52.3 Å². The van der Waals surface area contributed by atoms with Gasteiger partial charge in [0.2, 0.25) is 0 Å². The molecule has 0 nitrogen and oxygen atoms in total. The van der Waals surface area contributed by atoms with Crippen LogP contribution in [0, 0.1) is 26.8 Å².